The molecule has 0 radical (unpaired) electrons. The highest BCUT2D eigenvalue weighted by Gasteiger charge is 2.36. The second-order valence-corrected chi connectivity index (χ2v) is 7.95. The van der Waals surface area contributed by atoms with Gasteiger partial charge in [0.25, 0.3) is 0 Å². The van der Waals surface area contributed by atoms with Gasteiger partial charge in [-0.3, -0.25) is 4.79 Å². The molecule has 2 N–H and O–H groups in total. The number of rotatable bonds is 7. The number of nitrogens with one attached hydrogen (secondary N) is 1. The van der Waals surface area contributed by atoms with Gasteiger partial charge in [-0.2, -0.15) is 0 Å². The highest BCUT2D eigenvalue weighted by molar-refractivity contribution is 5.79. The third kappa shape index (κ3) is 3.75. The van der Waals surface area contributed by atoms with Crippen molar-refractivity contribution in [3.05, 3.63) is 59.7 Å². The molecule has 3 unspecified atom stereocenters. The van der Waals surface area contributed by atoms with Crippen LogP contribution in [0.3, 0.4) is 0 Å². The van der Waals surface area contributed by atoms with Gasteiger partial charge in [-0.1, -0.05) is 55.5 Å². The molecule has 1 amide bonds. The lowest BCUT2D eigenvalue weighted by Crippen LogP contribution is -2.34. The van der Waals surface area contributed by atoms with Gasteiger partial charge in [0.05, 0.1) is 5.92 Å². The first kappa shape index (κ1) is 18.5. The van der Waals surface area contributed by atoms with Crippen molar-refractivity contribution < 1.29 is 19.4 Å². The van der Waals surface area contributed by atoms with Gasteiger partial charge >= 0.3 is 12.1 Å². The maximum atomic E-state index is 12.2. The molecule has 2 aromatic rings. The molecule has 0 saturated heterocycles. The summed E-state index contributed by atoms with van der Waals surface area (Å²) in [4.78, 5) is 23.6. The van der Waals surface area contributed by atoms with Crippen molar-refractivity contribution >= 4 is 12.1 Å². The molecule has 0 spiro atoms. The number of hydrogen-bond acceptors (Lipinski definition) is 3. The molecule has 0 aliphatic heterocycles. The minimum absolute atomic E-state index is 0.000680. The van der Waals surface area contributed by atoms with Gasteiger partial charge in [0.1, 0.15) is 6.61 Å². The fraction of sp³-hybridized carbons (Fsp3) is 0.391. The molecule has 0 heterocycles. The first-order chi connectivity index (χ1) is 13.5. The number of hydrogen-bond donors (Lipinski definition) is 2. The molecular formula is C23H25NO4. The summed E-state index contributed by atoms with van der Waals surface area (Å²) in [7, 11) is 0. The fourth-order valence-corrected chi connectivity index (χ4v) is 4.22. The molecule has 28 heavy (non-hydrogen) atoms. The van der Waals surface area contributed by atoms with Crippen molar-refractivity contribution in [2.24, 2.45) is 17.8 Å². The van der Waals surface area contributed by atoms with Crippen LogP contribution in [0.25, 0.3) is 11.1 Å². The minimum atomic E-state index is -0.863. The predicted molar refractivity (Wildman–Crippen MR) is 106 cm³/mol. The standard InChI is InChI=1S/C23H25NO4/c1-14-10-15(14)11-16(22(25)26)12-24-23(27)28-13-21-19-8-4-2-6-17(19)18-7-3-5-9-20(18)21/h2-9,14-16,21H,10-13H2,1H3,(H,24,27)(H,25,26). The highest BCUT2D eigenvalue weighted by atomic mass is 16.5. The van der Waals surface area contributed by atoms with Crippen molar-refractivity contribution in [3.8, 4) is 11.1 Å². The van der Waals surface area contributed by atoms with E-state index in [9.17, 15) is 14.7 Å². The lowest BCUT2D eigenvalue weighted by molar-refractivity contribution is -0.141. The normalized spacial score (nSPS) is 20.8. The average molecular weight is 379 g/mol. The number of carbonyl (C=O) groups excluding carboxylic acids is 1. The van der Waals surface area contributed by atoms with E-state index in [4.69, 9.17) is 4.74 Å². The highest BCUT2D eigenvalue weighted by Crippen LogP contribution is 2.44. The topological polar surface area (TPSA) is 75.6 Å². The molecular weight excluding hydrogens is 354 g/mol. The molecule has 2 aromatic carbocycles. The Balaban J connectivity index is 1.35. The second-order valence-electron chi connectivity index (χ2n) is 7.95. The van der Waals surface area contributed by atoms with Crippen LogP contribution in [0.2, 0.25) is 0 Å². The summed E-state index contributed by atoms with van der Waals surface area (Å²) < 4.78 is 5.47. The Morgan fingerprint density at radius 1 is 1.11 bits per heavy atom. The van der Waals surface area contributed by atoms with E-state index in [-0.39, 0.29) is 19.1 Å². The number of ether oxygens (including phenoxy) is 1. The molecule has 4 rings (SSSR count). The number of benzene rings is 2. The summed E-state index contributed by atoms with van der Waals surface area (Å²) in [5, 5.41) is 12.0. The van der Waals surface area contributed by atoms with Crippen molar-refractivity contribution in [3.63, 3.8) is 0 Å². The molecule has 1 fully saturated rings. The molecule has 2 aliphatic carbocycles. The molecule has 5 nitrogen and oxygen atoms in total. The van der Waals surface area contributed by atoms with Crippen LogP contribution in [0.5, 0.6) is 0 Å². The van der Waals surface area contributed by atoms with Crippen LogP contribution in [-0.2, 0) is 9.53 Å². The van der Waals surface area contributed by atoms with Crippen LogP contribution in [-0.4, -0.2) is 30.3 Å². The van der Waals surface area contributed by atoms with Crippen LogP contribution < -0.4 is 5.32 Å². The van der Waals surface area contributed by atoms with Crippen LogP contribution in [0.4, 0.5) is 4.79 Å². The lowest BCUT2D eigenvalue weighted by Gasteiger charge is -2.16. The number of aliphatic carboxylic acids is 1. The Morgan fingerprint density at radius 2 is 1.68 bits per heavy atom. The van der Waals surface area contributed by atoms with E-state index in [1.807, 2.05) is 24.3 Å². The van der Waals surface area contributed by atoms with E-state index in [1.165, 1.54) is 11.1 Å². The van der Waals surface area contributed by atoms with Crippen molar-refractivity contribution in [2.75, 3.05) is 13.2 Å². The molecule has 2 aliphatic rings. The Morgan fingerprint density at radius 3 is 2.21 bits per heavy atom. The van der Waals surface area contributed by atoms with Crippen molar-refractivity contribution in [1.29, 1.82) is 0 Å². The van der Waals surface area contributed by atoms with Gasteiger partial charge in [0.15, 0.2) is 0 Å². The maximum absolute atomic E-state index is 12.2. The van der Waals surface area contributed by atoms with Crippen LogP contribution in [0.15, 0.2) is 48.5 Å². The maximum Gasteiger partial charge on any atom is 0.407 e. The van der Waals surface area contributed by atoms with E-state index in [2.05, 4.69) is 36.5 Å². The summed E-state index contributed by atoms with van der Waals surface area (Å²) in [6, 6.07) is 16.3. The Hall–Kier alpha value is -2.82. The average Bonchev–Trinajstić information content (AvgIpc) is 3.30. The van der Waals surface area contributed by atoms with Gasteiger partial charge in [0.2, 0.25) is 0 Å². The zero-order valence-electron chi connectivity index (χ0n) is 15.9. The number of carboxylic acid groups (broad SMARTS) is 1. The molecule has 3 atom stereocenters. The van der Waals surface area contributed by atoms with E-state index < -0.39 is 18.0 Å². The molecule has 1 saturated carbocycles. The van der Waals surface area contributed by atoms with Gasteiger partial charge in [-0.05, 0) is 46.9 Å². The summed E-state index contributed by atoms with van der Waals surface area (Å²) >= 11 is 0. The number of amides is 1. The largest absolute Gasteiger partial charge is 0.481 e. The zero-order chi connectivity index (χ0) is 19.7. The Labute approximate surface area is 164 Å². The van der Waals surface area contributed by atoms with Gasteiger partial charge in [-0.25, -0.2) is 4.79 Å². The monoisotopic (exact) mass is 379 g/mol. The number of alkyl carbamates (subject to hydrolysis) is 1. The van der Waals surface area contributed by atoms with Crippen molar-refractivity contribution in [2.45, 2.75) is 25.7 Å². The van der Waals surface area contributed by atoms with Gasteiger partial charge in [-0.15, -0.1) is 0 Å². The predicted octanol–water partition coefficient (Wildman–Crippen LogP) is 4.27. The van der Waals surface area contributed by atoms with Crippen LogP contribution >= 0.6 is 0 Å². The first-order valence-electron chi connectivity index (χ1n) is 9.86. The summed E-state index contributed by atoms with van der Waals surface area (Å²) in [6.07, 6.45) is 1.13. The second kappa shape index (κ2) is 7.66. The molecule has 5 heteroatoms. The van der Waals surface area contributed by atoms with E-state index in [1.54, 1.807) is 0 Å². The molecule has 146 valence electrons. The quantitative estimate of drug-likeness (QED) is 0.753. The summed E-state index contributed by atoms with van der Waals surface area (Å²) in [6.45, 7) is 2.47. The minimum Gasteiger partial charge on any atom is -0.481 e. The van der Waals surface area contributed by atoms with E-state index in [0.29, 0.717) is 18.3 Å². The van der Waals surface area contributed by atoms with Gasteiger partial charge in [0, 0.05) is 12.5 Å². The van der Waals surface area contributed by atoms with E-state index in [0.717, 1.165) is 17.5 Å². The zero-order valence-corrected chi connectivity index (χ0v) is 15.9. The summed E-state index contributed by atoms with van der Waals surface area (Å²) in [5.41, 5.74) is 4.67. The van der Waals surface area contributed by atoms with Crippen molar-refractivity contribution in [1.82, 2.24) is 5.32 Å². The smallest absolute Gasteiger partial charge is 0.407 e. The first-order valence-corrected chi connectivity index (χ1v) is 9.86. The number of fused-ring (bicyclic) bond motifs is 3. The molecule has 0 bridgehead atoms. The SMILES string of the molecule is CC1CC1CC(CNC(=O)OCC1c2ccccc2-c2ccccc21)C(=O)O. The lowest BCUT2D eigenvalue weighted by atomic mass is 9.98. The number of carbonyl (C=O) groups is 2. The van der Waals surface area contributed by atoms with Crippen LogP contribution in [0.1, 0.15) is 36.8 Å². The fourth-order valence-electron chi connectivity index (χ4n) is 4.22. The third-order valence-electron chi connectivity index (χ3n) is 6.05. The van der Waals surface area contributed by atoms with E-state index >= 15 is 0 Å². The summed E-state index contributed by atoms with van der Waals surface area (Å²) in [5.74, 6) is -0.365. The van der Waals surface area contributed by atoms with Gasteiger partial charge < -0.3 is 15.2 Å². The number of carboxylic acids is 1. The Kier molecular flexibility index (Phi) is 5.07. The Bertz CT molecular complexity index is 848. The third-order valence-corrected chi connectivity index (χ3v) is 6.05. The van der Waals surface area contributed by atoms with Crippen LogP contribution in [0, 0.1) is 17.8 Å². The molecule has 0 aromatic heterocycles.